The van der Waals surface area contributed by atoms with Gasteiger partial charge in [0, 0.05) is 39.1 Å². The van der Waals surface area contributed by atoms with Crippen LogP contribution in [-0.2, 0) is 11.2 Å². The van der Waals surface area contributed by atoms with Crippen LogP contribution in [0.1, 0.15) is 19.6 Å². The fourth-order valence-electron chi connectivity index (χ4n) is 2.71. The summed E-state index contributed by atoms with van der Waals surface area (Å²) < 4.78 is 10.7. The van der Waals surface area contributed by atoms with E-state index in [4.69, 9.17) is 9.15 Å². The minimum absolute atomic E-state index is 0.316. The standard InChI is InChI=1S/C19H32N4O3/c1-16(2)13-21-18(20-7-6-17-5-4-10-26-17)22-14-19(3,24)15-23-8-11-25-12-9-23/h4-5,10,24H,1,6-9,11-15H2,2-3H3,(H2,20,21,22). The first-order valence-electron chi connectivity index (χ1n) is 9.16. The molecule has 2 rings (SSSR count). The second-order valence-electron chi connectivity index (χ2n) is 7.12. The second-order valence-corrected chi connectivity index (χ2v) is 7.12. The van der Waals surface area contributed by atoms with Gasteiger partial charge in [-0.2, -0.15) is 0 Å². The molecular weight excluding hydrogens is 332 g/mol. The van der Waals surface area contributed by atoms with E-state index in [1.807, 2.05) is 26.0 Å². The summed E-state index contributed by atoms with van der Waals surface area (Å²) in [5.74, 6) is 1.60. The molecule has 1 fully saturated rings. The highest BCUT2D eigenvalue weighted by Gasteiger charge is 2.25. The molecule has 146 valence electrons. The quantitative estimate of drug-likeness (QED) is 0.345. The lowest BCUT2D eigenvalue weighted by Crippen LogP contribution is -2.48. The third kappa shape index (κ3) is 8.03. The van der Waals surface area contributed by atoms with E-state index < -0.39 is 5.60 Å². The van der Waals surface area contributed by atoms with Gasteiger partial charge in [-0.3, -0.25) is 9.89 Å². The first kappa shape index (κ1) is 20.5. The van der Waals surface area contributed by atoms with E-state index in [0.29, 0.717) is 32.1 Å². The molecule has 1 aromatic heterocycles. The van der Waals surface area contributed by atoms with Crippen LogP contribution in [0.3, 0.4) is 0 Å². The molecule has 26 heavy (non-hydrogen) atoms. The lowest BCUT2D eigenvalue weighted by molar-refractivity contribution is -0.0179. The molecule has 2 heterocycles. The highest BCUT2D eigenvalue weighted by atomic mass is 16.5. The Hall–Kier alpha value is -1.83. The normalized spacial score (nSPS) is 18.3. The average molecular weight is 364 g/mol. The van der Waals surface area contributed by atoms with Gasteiger partial charge in [-0.25, -0.2) is 0 Å². The lowest BCUT2D eigenvalue weighted by atomic mass is 10.1. The number of β-amino-alcohol motifs (C(OH)–C–C–N with tert-alkyl or cyclic N) is 1. The Morgan fingerprint density at radius 2 is 2.15 bits per heavy atom. The van der Waals surface area contributed by atoms with Crippen LogP contribution in [0.2, 0.25) is 0 Å². The minimum atomic E-state index is -0.893. The number of ether oxygens (including phenoxy) is 1. The lowest BCUT2D eigenvalue weighted by Gasteiger charge is -2.33. The molecule has 0 radical (unpaired) electrons. The number of nitrogens with zero attached hydrogens (tertiary/aromatic N) is 2. The number of nitrogens with one attached hydrogen (secondary N) is 2. The number of aliphatic imine (C=N–C) groups is 1. The molecule has 1 aliphatic rings. The maximum absolute atomic E-state index is 10.7. The van der Waals surface area contributed by atoms with Crippen LogP contribution >= 0.6 is 0 Å². The Morgan fingerprint density at radius 3 is 2.81 bits per heavy atom. The summed E-state index contributed by atoms with van der Waals surface area (Å²) in [6.45, 7) is 13.1. The fraction of sp³-hybridized carbons (Fsp3) is 0.632. The predicted octanol–water partition coefficient (Wildman–Crippen LogP) is 1.02. The molecule has 1 atom stereocenters. The van der Waals surface area contributed by atoms with Crippen molar-refractivity contribution < 1.29 is 14.3 Å². The Morgan fingerprint density at radius 1 is 1.38 bits per heavy atom. The van der Waals surface area contributed by atoms with E-state index in [1.165, 1.54) is 0 Å². The summed E-state index contributed by atoms with van der Waals surface area (Å²) in [4.78, 5) is 6.78. The molecule has 0 aromatic carbocycles. The molecule has 3 N–H and O–H groups in total. The molecular formula is C19H32N4O3. The van der Waals surface area contributed by atoms with Crippen LogP contribution < -0.4 is 10.6 Å². The molecule has 1 aromatic rings. The monoisotopic (exact) mass is 364 g/mol. The van der Waals surface area contributed by atoms with Gasteiger partial charge in [-0.05, 0) is 26.0 Å². The fourth-order valence-corrected chi connectivity index (χ4v) is 2.71. The van der Waals surface area contributed by atoms with Crippen molar-refractivity contribution in [1.29, 1.82) is 0 Å². The van der Waals surface area contributed by atoms with Crippen molar-refractivity contribution in [3.63, 3.8) is 0 Å². The molecule has 7 heteroatoms. The van der Waals surface area contributed by atoms with E-state index in [-0.39, 0.29) is 0 Å². The van der Waals surface area contributed by atoms with Gasteiger partial charge in [0.05, 0.1) is 31.6 Å². The minimum Gasteiger partial charge on any atom is -0.469 e. The maximum Gasteiger partial charge on any atom is 0.191 e. The largest absolute Gasteiger partial charge is 0.469 e. The topological polar surface area (TPSA) is 82.3 Å². The molecule has 1 saturated heterocycles. The molecule has 0 spiro atoms. The zero-order chi connectivity index (χ0) is 18.8. The Balaban J connectivity index is 1.85. The second kappa shape index (κ2) is 10.4. The summed E-state index contributed by atoms with van der Waals surface area (Å²) in [5, 5.41) is 17.2. The van der Waals surface area contributed by atoms with Crippen LogP contribution in [-0.4, -0.2) is 74.0 Å². The summed E-state index contributed by atoms with van der Waals surface area (Å²) in [6.07, 6.45) is 2.44. The number of rotatable bonds is 9. The van der Waals surface area contributed by atoms with Crippen molar-refractivity contribution in [2.24, 2.45) is 4.99 Å². The number of morpholine rings is 1. The average Bonchev–Trinajstić information content (AvgIpc) is 3.10. The third-order valence-corrected chi connectivity index (χ3v) is 4.05. The van der Waals surface area contributed by atoms with E-state index in [0.717, 1.165) is 44.1 Å². The van der Waals surface area contributed by atoms with E-state index in [9.17, 15) is 5.11 Å². The van der Waals surface area contributed by atoms with Gasteiger partial charge in [-0.1, -0.05) is 12.2 Å². The maximum atomic E-state index is 10.7. The molecule has 0 saturated carbocycles. The van der Waals surface area contributed by atoms with E-state index in [2.05, 4.69) is 27.1 Å². The predicted molar refractivity (Wildman–Crippen MR) is 103 cm³/mol. The van der Waals surface area contributed by atoms with Crippen molar-refractivity contribution in [2.75, 3.05) is 52.5 Å². The SMILES string of the molecule is C=C(C)CNC(=NCC(C)(O)CN1CCOCC1)NCCc1ccco1. The van der Waals surface area contributed by atoms with Gasteiger partial charge in [0.25, 0.3) is 0 Å². The van der Waals surface area contributed by atoms with Crippen LogP contribution in [0.15, 0.2) is 40.0 Å². The molecule has 0 aliphatic carbocycles. The van der Waals surface area contributed by atoms with Crippen LogP contribution in [0.25, 0.3) is 0 Å². The van der Waals surface area contributed by atoms with E-state index >= 15 is 0 Å². The van der Waals surface area contributed by atoms with Crippen molar-refractivity contribution >= 4 is 5.96 Å². The van der Waals surface area contributed by atoms with Crippen LogP contribution in [0.5, 0.6) is 0 Å². The van der Waals surface area contributed by atoms with Crippen molar-refractivity contribution in [2.45, 2.75) is 25.9 Å². The Labute approximate surface area is 156 Å². The van der Waals surface area contributed by atoms with Crippen molar-refractivity contribution in [1.82, 2.24) is 15.5 Å². The Kier molecular flexibility index (Phi) is 8.15. The van der Waals surface area contributed by atoms with Gasteiger partial charge in [0.1, 0.15) is 5.76 Å². The molecule has 1 unspecified atom stereocenters. The number of furan rings is 1. The molecule has 1 aliphatic heterocycles. The smallest absolute Gasteiger partial charge is 0.191 e. The van der Waals surface area contributed by atoms with Gasteiger partial charge < -0.3 is 24.9 Å². The van der Waals surface area contributed by atoms with E-state index in [1.54, 1.807) is 6.26 Å². The first-order valence-corrected chi connectivity index (χ1v) is 9.16. The van der Waals surface area contributed by atoms with Crippen molar-refractivity contribution in [3.8, 4) is 0 Å². The third-order valence-electron chi connectivity index (χ3n) is 4.05. The molecule has 7 nitrogen and oxygen atoms in total. The molecule has 0 amide bonds. The zero-order valence-corrected chi connectivity index (χ0v) is 16.0. The highest BCUT2D eigenvalue weighted by Crippen LogP contribution is 2.09. The summed E-state index contributed by atoms with van der Waals surface area (Å²) in [7, 11) is 0. The molecule has 0 bridgehead atoms. The van der Waals surface area contributed by atoms with Crippen molar-refractivity contribution in [3.05, 3.63) is 36.3 Å². The van der Waals surface area contributed by atoms with Crippen LogP contribution in [0, 0.1) is 0 Å². The highest BCUT2D eigenvalue weighted by molar-refractivity contribution is 5.80. The number of hydrogen-bond donors (Lipinski definition) is 3. The number of hydrogen-bond acceptors (Lipinski definition) is 5. The zero-order valence-electron chi connectivity index (χ0n) is 16.0. The summed E-state index contributed by atoms with van der Waals surface area (Å²) in [6, 6.07) is 3.83. The van der Waals surface area contributed by atoms with Gasteiger partial charge in [0.15, 0.2) is 5.96 Å². The number of guanidine groups is 1. The van der Waals surface area contributed by atoms with Gasteiger partial charge >= 0.3 is 0 Å². The summed E-state index contributed by atoms with van der Waals surface area (Å²) >= 11 is 0. The first-order chi connectivity index (χ1) is 12.4. The van der Waals surface area contributed by atoms with Gasteiger partial charge in [-0.15, -0.1) is 0 Å². The van der Waals surface area contributed by atoms with Crippen LogP contribution in [0.4, 0.5) is 0 Å². The summed E-state index contributed by atoms with van der Waals surface area (Å²) in [5.41, 5.74) is 0.126. The Bertz CT molecular complexity index is 563. The van der Waals surface area contributed by atoms with Gasteiger partial charge in [0.2, 0.25) is 0 Å². The number of aliphatic hydroxyl groups is 1.